The Morgan fingerprint density at radius 3 is 2.30 bits per heavy atom. The van der Waals surface area contributed by atoms with E-state index >= 15 is 0 Å². The molecule has 0 amide bonds. The second-order valence-electron chi connectivity index (χ2n) is 4.95. The topological polar surface area (TPSA) is 17.1 Å². The van der Waals surface area contributed by atoms with E-state index < -0.39 is 0 Å². The number of carbonyl (C=O) groups excluding carboxylic acids is 1. The van der Waals surface area contributed by atoms with E-state index in [0.717, 1.165) is 21.6 Å². The summed E-state index contributed by atoms with van der Waals surface area (Å²) in [5.41, 5.74) is 2.57. The van der Waals surface area contributed by atoms with Gasteiger partial charge < -0.3 is 0 Å². The quantitative estimate of drug-likeness (QED) is 0.402. The number of rotatable bonds is 6. The van der Waals surface area contributed by atoms with Gasteiger partial charge in [0.25, 0.3) is 0 Å². The van der Waals surface area contributed by atoms with E-state index in [1.165, 1.54) is 0 Å². The lowest BCUT2D eigenvalue weighted by Gasteiger charge is -2.07. The van der Waals surface area contributed by atoms with Crippen LogP contribution in [-0.4, -0.2) is 12.0 Å². The van der Waals surface area contributed by atoms with Crippen molar-refractivity contribution in [2.45, 2.75) is 20.8 Å². The molecule has 0 aliphatic rings. The van der Waals surface area contributed by atoms with Gasteiger partial charge in [0.15, 0.2) is 5.78 Å². The third-order valence-corrected chi connectivity index (χ3v) is 4.04. The summed E-state index contributed by atoms with van der Waals surface area (Å²) in [5.74, 6) is 0.495. The van der Waals surface area contributed by atoms with Gasteiger partial charge in [0.2, 0.25) is 0 Å². The maximum Gasteiger partial charge on any atom is 0.189 e. The summed E-state index contributed by atoms with van der Waals surface area (Å²) in [4.78, 5) is 13.4. The molecule has 106 valence electrons. The molecule has 2 heteroatoms. The van der Waals surface area contributed by atoms with Crippen LogP contribution in [0.1, 0.15) is 31.1 Å². The SMILES string of the molecule is C=C(/C=C\C(SC)=C(/C)C(=O)c1ccccc1)C(C)C. The zero-order valence-electron chi connectivity index (χ0n) is 12.6. The molecule has 0 aromatic heterocycles. The molecule has 0 heterocycles. The molecular weight excluding hydrogens is 264 g/mol. The highest BCUT2D eigenvalue weighted by atomic mass is 32.2. The zero-order chi connectivity index (χ0) is 15.1. The standard InChI is InChI=1S/C18H22OS/c1-13(2)14(3)11-12-17(20-5)15(4)18(19)16-9-7-6-8-10-16/h6-13H,3H2,1-2,4-5H3/b12-11-,17-15-. The maximum atomic E-state index is 12.4. The van der Waals surface area contributed by atoms with Crippen LogP contribution in [0.4, 0.5) is 0 Å². The highest BCUT2D eigenvalue weighted by molar-refractivity contribution is 8.02. The molecule has 0 unspecified atom stereocenters. The minimum Gasteiger partial charge on any atom is -0.289 e. The number of carbonyl (C=O) groups is 1. The highest BCUT2D eigenvalue weighted by Gasteiger charge is 2.11. The summed E-state index contributed by atoms with van der Waals surface area (Å²) in [6.07, 6.45) is 5.97. The van der Waals surface area contributed by atoms with Crippen molar-refractivity contribution >= 4 is 17.5 Å². The van der Waals surface area contributed by atoms with E-state index in [2.05, 4.69) is 20.4 Å². The Bertz CT molecular complexity index is 536. The van der Waals surface area contributed by atoms with Crippen molar-refractivity contribution in [2.75, 3.05) is 6.26 Å². The molecule has 20 heavy (non-hydrogen) atoms. The van der Waals surface area contributed by atoms with Crippen LogP contribution >= 0.6 is 11.8 Å². The van der Waals surface area contributed by atoms with E-state index in [-0.39, 0.29) is 5.78 Å². The lowest BCUT2D eigenvalue weighted by molar-refractivity contribution is 0.103. The first-order valence-electron chi connectivity index (χ1n) is 6.68. The van der Waals surface area contributed by atoms with Crippen LogP contribution in [0.25, 0.3) is 0 Å². The van der Waals surface area contributed by atoms with Crippen LogP contribution in [0.15, 0.2) is 65.1 Å². The number of hydrogen-bond acceptors (Lipinski definition) is 2. The van der Waals surface area contributed by atoms with Gasteiger partial charge in [-0.2, -0.15) is 0 Å². The number of allylic oxidation sites excluding steroid dienone is 4. The summed E-state index contributed by atoms with van der Waals surface area (Å²) in [7, 11) is 0. The van der Waals surface area contributed by atoms with E-state index in [4.69, 9.17) is 0 Å². The number of Topliss-reactive ketones (excluding diaryl/α,β-unsaturated/α-hetero) is 1. The Balaban J connectivity index is 3.01. The van der Waals surface area contributed by atoms with Gasteiger partial charge in [-0.1, -0.05) is 62.4 Å². The van der Waals surface area contributed by atoms with Crippen LogP contribution in [-0.2, 0) is 0 Å². The molecule has 0 aliphatic carbocycles. The van der Waals surface area contributed by atoms with E-state index in [9.17, 15) is 4.79 Å². The van der Waals surface area contributed by atoms with Gasteiger partial charge in [-0.25, -0.2) is 0 Å². The summed E-state index contributed by atoms with van der Waals surface area (Å²) in [6.45, 7) is 10.1. The molecule has 0 aliphatic heterocycles. The Kier molecular flexibility index (Phi) is 6.53. The predicted octanol–water partition coefficient (Wildman–Crippen LogP) is 5.27. The van der Waals surface area contributed by atoms with Gasteiger partial charge in [-0.3, -0.25) is 4.79 Å². The van der Waals surface area contributed by atoms with Crippen LogP contribution < -0.4 is 0 Å². The van der Waals surface area contributed by atoms with Crippen molar-refractivity contribution in [1.29, 1.82) is 0 Å². The van der Waals surface area contributed by atoms with Gasteiger partial charge >= 0.3 is 0 Å². The van der Waals surface area contributed by atoms with Crippen LogP contribution in [0.2, 0.25) is 0 Å². The normalized spacial score (nSPS) is 12.7. The van der Waals surface area contributed by atoms with Crippen molar-refractivity contribution in [1.82, 2.24) is 0 Å². The molecule has 1 aromatic carbocycles. The fourth-order valence-electron chi connectivity index (χ4n) is 1.64. The van der Waals surface area contributed by atoms with Gasteiger partial charge in [-0.15, -0.1) is 11.8 Å². The van der Waals surface area contributed by atoms with Gasteiger partial charge in [0.1, 0.15) is 0 Å². The molecular formula is C18H22OS. The first-order chi connectivity index (χ1) is 9.47. The Morgan fingerprint density at radius 1 is 1.20 bits per heavy atom. The second-order valence-corrected chi connectivity index (χ2v) is 5.80. The van der Waals surface area contributed by atoms with E-state index in [1.54, 1.807) is 11.8 Å². The van der Waals surface area contributed by atoms with Gasteiger partial charge in [0.05, 0.1) is 0 Å². The average molecular weight is 286 g/mol. The fraction of sp³-hybridized carbons (Fsp3) is 0.278. The van der Waals surface area contributed by atoms with Crippen molar-refractivity contribution in [3.8, 4) is 0 Å². The van der Waals surface area contributed by atoms with Crippen molar-refractivity contribution in [3.63, 3.8) is 0 Å². The maximum absolute atomic E-state index is 12.4. The molecule has 0 radical (unpaired) electrons. The Hall–Kier alpha value is -1.54. The number of thioether (sulfide) groups is 1. The van der Waals surface area contributed by atoms with Crippen LogP contribution in [0, 0.1) is 5.92 Å². The minimum absolute atomic E-state index is 0.0785. The lowest BCUT2D eigenvalue weighted by atomic mass is 10.0. The van der Waals surface area contributed by atoms with Crippen molar-refractivity contribution < 1.29 is 4.79 Å². The smallest absolute Gasteiger partial charge is 0.189 e. The third-order valence-electron chi connectivity index (χ3n) is 3.16. The van der Waals surface area contributed by atoms with E-state index in [0.29, 0.717) is 5.92 Å². The second kappa shape index (κ2) is 7.91. The van der Waals surface area contributed by atoms with Crippen LogP contribution in [0.5, 0.6) is 0 Å². The molecule has 0 N–H and O–H groups in total. The molecule has 1 nitrogen and oxygen atoms in total. The summed E-state index contributed by atoms with van der Waals surface area (Å²) in [6, 6.07) is 9.38. The molecule has 0 atom stereocenters. The highest BCUT2D eigenvalue weighted by Crippen LogP contribution is 2.23. The molecule has 0 fully saturated rings. The van der Waals surface area contributed by atoms with E-state index in [1.807, 2.05) is 55.7 Å². The Morgan fingerprint density at radius 2 is 1.80 bits per heavy atom. The average Bonchev–Trinajstić information content (AvgIpc) is 2.47. The lowest BCUT2D eigenvalue weighted by Crippen LogP contribution is -2.02. The predicted molar refractivity (Wildman–Crippen MR) is 90.1 cm³/mol. The number of ketones is 1. The zero-order valence-corrected chi connectivity index (χ0v) is 13.5. The first-order valence-corrected chi connectivity index (χ1v) is 7.91. The molecule has 0 spiro atoms. The minimum atomic E-state index is 0.0785. The van der Waals surface area contributed by atoms with Crippen LogP contribution in [0.3, 0.4) is 0 Å². The Labute approximate surface area is 126 Å². The van der Waals surface area contributed by atoms with Crippen molar-refractivity contribution in [2.24, 2.45) is 5.92 Å². The largest absolute Gasteiger partial charge is 0.289 e. The fourth-order valence-corrected chi connectivity index (χ4v) is 2.24. The molecule has 0 saturated heterocycles. The number of benzene rings is 1. The molecule has 0 saturated carbocycles. The summed E-state index contributed by atoms with van der Waals surface area (Å²) >= 11 is 1.59. The van der Waals surface area contributed by atoms with Gasteiger partial charge in [0, 0.05) is 16.0 Å². The summed E-state index contributed by atoms with van der Waals surface area (Å²) in [5, 5.41) is 0. The third kappa shape index (κ3) is 4.53. The van der Waals surface area contributed by atoms with Crippen molar-refractivity contribution in [3.05, 3.63) is 70.7 Å². The summed E-state index contributed by atoms with van der Waals surface area (Å²) < 4.78 is 0. The molecule has 1 aromatic rings. The van der Waals surface area contributed by atoms with Gasteiger partial charge in [-0.05, 0) is 25.2 Å². The monoisotopic (exact) mass is 286 g/mol. The number of hydrogen-bond donors (Lipinski definition) is 0. The first kappa shape index (κ1) is 16.5. The molecule has 1 rings (SSSR count). The molecule has 0 bridgehead atoms.